The monoisotopic (exact) mass is 370 g/mol. The third-order valence-electron chi connectivity index (χ3n) is 4.53. The first-order valence-corrected chi connectivity index (χ1v) is 8.53. The van der Waals surface area contributed by atoms with Crippen LogP contribution in [0.25, 0.3) is 0 Å². The number of carbonyl (C=O) groups excluding carboxylic acids is 2. The number of anilines is 2. The molecule has 7 heteroatoms. The smallest absolute Gasteiger partial charge is 0.229 e. The highest BCUT2D eigenvalue weighted by molar-refractivity contribution is 6.04. The Morgan fingerprint density at radius 2 is 1.78 bits per heavy atom. The largest absolute Gasteiger partial charge is 0.497 e. The number of carbonyl (C=O) groups is 2. The van der Waals surface area contributed by atoms with Crippen LogP contribution >= 0.6 is 0 Å². The summed E-state index contributed by atoms with van der Waals surface area (Å²) in [6.45, 7) is 0.316. The Kier molecular flexibility index (Phi) is 5.49. The number of methoxy groups -OCH3 is 3. The maximum absolute atomic E-state index is 12.7. The molecule has 27 heavy (non-hydrogen) atoms. The molecular formula is C20H22N2O5. The highest BCUT2D eigenvalue weighted by atomic mass is 16.5. The van der Waals surface area contributed by atoms with Crippen molar-refractivity contribution < 1.29 is 23.8 Å². The summed E-state index contributed by atoms with van der Waals surface area (Å²) in [5, 5.41) is 2.85. The van der Waals surface area contributed by atoms with Crippen molar-refractivity contribution >= 4 is 23.2 Å². The van der Waals surface area contributed by atoms with Crippen molar-refractivity contribution in [3.8, 4) is 17.2 Å². The first-order valence-electron chi connectivity index (χ1n) is 8.53. The van der Waals surface area contributed by atoms with Crippen molar-refractivity contribution in [1.82, 2.24) is 0 Å². The fraction of sp³-hybridized carbons (Fsp3) is 0.300. The summed E-state index contributed by atoms with van der Waals surface area (Å²) in [5.74, 6) is 1.02. The summed E-state index contributed by atoms with van der Waals surface area (Å²) in [4.78, 5) is 26.7. The summed E-state index contributed by atoms with van der Waals surface area (Å²) in [5.41, 5.74) is 1.26. The maximum atomic E-state index is 12.7. The van der Waals surface area contributed by atoms with E-state index in [0.29, 0.717) is 29.5 Å². The van der Waals surface area contributed by atoms with Gasteiger partial charge in [0.05, 0.1) is 32.9 Å². The molecular weight excluding hydrogens is 348 g/mol. The normalized spacial score (nSPS) is 16.2. The molecule has 1 aliphatic rings. The van der Waals surface area contributed by atoms with Gasteiger partial charge in [-0.25, -0.2) is 0 Å². The lowest BCUT2D eigenvalue weighted by atomic mass is 10.1. The number of hydrogen-bond acceptors (Lipinski definition) is 5. The molecule has 1 unspecified atom stereocenters. The third kappa shape index (κ3) is 3.97. The Morgan fingerprint density at radius 1 is 1.04 bits per heavy atom. The van der Waals surface area contributed by atoms with Gasteiger partial charge in [-0.1, -0.05) is 6.07 Å². The molecule has 0 spiro atoms. The van der Waals surface area contributed by atoms with Gasteiger partial charge in [0.1, 0.15) is 17.2 Å². The molecule has 2 aromatic rings. The van der Waals surface area contributed by atoms with Crippen LogP contribution in [-0.2, 0) is 9.59 Å². The molecule has 1 aliphatic heterocycles. The van der Waals surface area contributed by atoms with Gasteiger partial charge in [-0.2, -0.15) is 0 Å². The minimum atomic E-state index is -0.449. The van der Waals surface area contributed by atoms with E-state index in [-0.39, 0.29) is 18.2 Å². The van der Waals surface area contributed by atoms with Crippen molar-refractivity contribution in [2.45, 2.75) is 6.42 Å². The first-order chi connectivity index (χ1) is 13.0. The average Bonchev–Trinajstić information content (AvgIpc) is 3.10. The molecule has 3 rings (SSSR count). The number of nitrogens with one attached hydrogen (secondary N) is 1. The highest BCUT2D eigenvalue weighted by Crippen LogP contribution is 2.32. The molecule has 0 saturated carbocycles. The van der Waals surface area contributed by atoms with Crippen LogP contribution in [-0.4, -0.2) is 39.7 Å². The molecule has 0 bridgehead atoms. The fourth-order valence-electron chi connectivity index (χ4n) is 3.05. The predicted molar refractivity (Wildman–Crippen MR) is 102 cm³/mol. The lowest BCUT2D eigenvalue weighted by Gasteiger charge is -2.18. The van der Waals surface area contributed by atoms with Crippen LogP contribution in [0.1, 0.15) is 6.42 Å². The molecule has 1 heterocycles. The van der Waals surface area contributed by atoms with Crippen molar-refractivity contribution in [1.29, 1.82) is 0 Å². The van der Waals surface area contributed by atoms with Crippen LogP contribution in [0.5, 0.6) is 17.2 Å². The number of ether oxygens (including phenoxy) is 3. The Balaban J connectivity index is 1.72. The zero-order chi connectivity index (χ0) is 19.4. The molecule has 0 aromatic heterocycles. The summed E-state index contributed by atoms with van der Waals surface area (Å²) in [6, 6.07) is 12.4. The Labute approximate surface area is 157 Å². The summed E-state index contributed by atoms with van der Waals surface area (Å²) in [6.07, 6.45) is 0.154. The average molecular weight is 370 g/mol. The van der Waals surface area contributed by atoms with Crippen molar-refractivity contribution in [2.24, 2.45) is 5.92 Å². The van der Waals surface area contributed by atoms with Gasteiger partial charge >= 0.3 is 0 Å². The minimum absolute atomic E-state index is 0.0925. The molecule has 1 saturated heterocycles. The van der Waals surface area contributed by atoms with Crippen LogP contribution in [0.15, 0.2) is 42.5 Å². The van der Waals surface area contributed by atoms with Crippen LogP contribution in [0.3, 0.4) is 0 Å². The van der Waals surface area contributed by atoms with Crippen LogP contribution < -0.4 is 24.4 Å². The van der Waals surface area contributed by atoms with Gasteiger partial charge in [-0.3, -0.25) is 9.59 Å². The summed E-state index contributed by atoms with van der Waals surface area (Å²) in [7, 11) is 4.65. The number of amides is 2. The molecule has 1 N–H and O–H groups in total. The minimum Gasteiger partial charge on any atom is -0.497 e. The lowest BCUT2D eigenvalue weighted by Crippen LogP contribution is -2.28. The van der Waals surface area contributed by atoms with Gasteiger partial charge in [0.25, 0.3) is 0 Å². The fourth-order valence-corrected chi connectivity index (χ4v) is 3.05. The standard InChI is InChI=1S/C20H22N2O5/c1-25-15-6-4-5-14(10-15)22-12-13(9-19(22)23)20(24)21-17-8-7-16(26-2)11-18(17)27-3/h4-8,10-11,13H,9,12H2,1-3H3,(H,21,24). The van der Waals surface area contributed by atoms with Crippen molar-refractivity contribution in [3.63, 3.8) is 0 Å². The molecule has 0 aliphatic carbocycles. The molecule has 1 fully saturated rings. The van der Waals surface area contributed by atoms with E-state index in [2.05, 4.69) is 5.32 Å². The van der Waals surface area contributed by atoms with Gasteiger partial charge in [-0.05, 0) is 24.3 Å². The van der Waals surface area contributed by atoms with E-state index in [1.807, 2.05) is 18.2 Å². The van der Waals surface area contributed by atoms with E-state index >= 15 is 0 Å². The van der Waals surface area contributed by atoms with E-state index in [0.717, 1.165) is 5.69 Å². The Bertz CT molecular complexity index is 852. The highest BCUT2D eigenvalue weighted by Gasteiger charge is 2.35. The Hall–Kier alpha value is -3.22. The number of benzene rings is 2. The van der Waals surface area contributed by atoms with Crippen LogP contribution in [0, 0.1) is 5.92 Å². The zero-order valence-electron chi connectivity index (χ0n) is 15.5. The molecule has 2 aromatic carbocycles. The quantitative estimate of drug-likeness (QED) is 0.846. The molecule has 142 valence electrons. The third-order valence-corrected chi connectivity index (χ3v) is 4.53. The topological polar surface area (TPSA) is 77.1 Å². The van der Waals surface area contributed by atoms with Gasteiger partial charge < -0.3 is 24.4 Å². The van der Waals surface area contributed by atoms with E-state index in [9.17, 15) is 9.59 Å². The zero-order valence-corrected chi connectivity index (χ0v) is 15.5. The van der Waals surface area contributed by atoms with Gasteiger partial charge in [0.15, 0.2) is 0 Å². The maximum Gasteiger partial charge on any atom is 0.229 e. The molecule has 0 radical (unpaired) electrons. The van der Waals surface area contributed by atoms with Crippen molar-refractivity contribution in [3.05, 3.63) is 42.5 Å². The number of rotatable bonds is 6. The van der Waals surface area contributed by atoms with Crippen LogP contribution in [0.2, 0.25) is 0 Å². The number of nitrogens with zero attached hydrogens (tertiary/aromatic N) is 1. The van der Waals surface area contributed by atoms with E-state index < -0.39 is 5.92 Å². The van der Waals surface area contributed by atoms with Gasteiger partial charge in [0, 0.05) is 30.8 Å². The van der Waals surface area contributed by atoms with Gasteiger partial charge in [0.2, 0.25) is 11.8 Å². The SMILES string of the molecule is COc1cccc(N2CC(C(=O)Nc3ccc(OC)cc3OC)CC2=O)c1. The van der Waals surface area contributed by atoms with Crippen molar-refractivity contribution in [2.75, 3.05) is 38.1 Å². The number of hydrogen-bond donors (Lipinski definition) is 1. The van der Waals surface area contributed by atoms with E-state index in [4.69, 9.17) is 14.2 Å². The second-order valence-electron chi connectivity index (χ2n) is 6.16. The summed E-state index contributed by atoms with van der Waals surface area (Å²) < 4.78 is 15.7. The summed E-state index contributed by atoms with van der Waals surface area (Å²) >= 11 is 0. The second-order valence-corrected chi connectivity index (χ2v) is 6.16. The molecule has 2 amide bonds. The van der Waals surface area contributed by atoms with Crippen LogP contribution in [0.4, 0.5) is 11.4 Å². The first kappa shape index (κ1) is 18.6. The second kappa shape index (κ2) is 7.99. The van der Waals surface area contributed by atoms with Gasteiger partial charge in [-0.15, -0.1) is 0 Å². The molecule has 1 atom stereocenters. The lowest BCUT2D eigenvalue weighted by molar-refractivity contribution is -0.122. The Morgan fingerprint density at radius 3 is 2.48 bits per heavy atom. The predicted octanol–water partition coefficient (Wildman–Crippen LogP) is 2.70. The van der Waals surface area contributed by atoms with E-state index in [1.54, 1.807) is 43.4 Å². The van der Waals surface area contributed by atoms with E-state index in [1.165, 1.54) is 7.11 Å². The molecule has 7 nitrogen and oxygen atoms in total.